The lowest BCUT2D eigenvalue weighted by molar-refractivity contribution is 0.0872. The number of hydrogen-bond donors (Lipinski definition) is 3. The van der Waals surface area contributed by atoms with Crippen LogP contribution in [-0.2, 0) is 11.3 Å². The second kappa shape index (κ2) is 7.38. The predicted octanol–water partition coefficient (Wildman–Crippen LogP) is 1.82. The van der Waals surface area contributed by atoms with E-state index in [0.717, 1.165) is 31.6 Å². The van der Waals surface area contributed by atoms with Crippen molar-refractivity contribution in [1.29, 1.82) is 0 Å². The average molecular weight is 295 g/mol. The summed E-state index contributed by atoms with van der Waals surface area (Å²) in [5.74, 6) is 0.0182. The van der Waals surface area contributed by atoms with Crippen molar-refractivity contribution >= 4 is 5.84 Å². The van der Waals surface area contributed by atoms with Crippen molar-refractivity contribution in [2.24, 2.45) is 16.8 Å². The highest BCUT2D eigenvalue weighted by Crippen LogP contribution is 2.22. The Balaban J connectivity index is 1.92. The van der Waals surface area contributed by atoms with Crippen molar-refractivity contribution in [3.63, 3.8) is 0 Å². The lowest BCUT2D eigenvalue weighted by Gasteiger charge is -2.17. The van der Waals surface area contributed by atoms with Crippen molar-refractivity contribution in [3.8, 4) is 0 Å². The molecule has 116 valence electrons. The van der Waals surface area contributed by atoms with Gasteiger partial charge in [-0.05, 0) is 42.5 Å². The molecular formula is C15H22FN3O2. The van der Waals surface area contributed by atoms with Crippen molar-refractivity contribution in [2.45, 2.75) is 32.4 Å². The normalized spacial score (nSPS) is 22.7. The number of amidine groups is 1. The number of nitrogens with two attached hydrogens (primary N) is 1. The summed E-state index contributed by atoms with van der Waals surface area (Å²) in [6, 6.07) is 4.41. The Morgan fingerprint density at radius 3 is 3.05 bits per heavy atom. The van der Waals surface area contributed by atoms with Gasteiger partial charge in [0.05, 0.1) is 6.10 Å². The SMILES string of the molecule is CCC1OCCC1CNCc1cc(F)cc(/C(N)=N/O)c1. The number of rotatable bonds is 6. The number of oxime groups is 1. The van der Waals surface area contributed by atoms with E-state index in [-0.39, 0.29) is 5.84 Å². The number of ether oxygens (including phenoxy) is 1. The number of nitrogens with one attached hydrogen (secondary N) is 1. The monoisotopic (exact) mass is 295 g/mol. The molecule has 0 aliphatic carbocycles. The summed E-state index contributed by atoms with van der Waals surface area (Å²) in [5, 5.41) is 14.9. The minimum absolute atomic E-state index is 0.0917. The lowest BCUT2D eigenvalue weighted by atomic mass is 9.99. The molecule has 5 nitrogen and oxygen atoms in total. The number of hydrogen-bond acceptors (Lipinski definition) is 4. The fourth-order valence-corrected chi connectivity index (χ4v) is 2.74. The Morgan fingerprint density at radius 1 is 1.52 bits per heavy atom. The van der Waals surface area contributed by atoms with Gasteiger partial charge in [0.25, 0.3) is 0 Å². The summed E-state index contributed by atoms with van der Waals surface area (Å²) in [5.41, 5.74) is 6.64. The molecule has 0 radical (unpaired) electrons. The van der Waals surface area contributed by atoms with Gasteiger partial charge >= 0.3 is 0 Å². The Labute approximate surface area is 124 Å². The lowest BCUT2D eigenvalue weighted by Crippen LogP contribution is -2.28. The van der Waals surface area contributed by atoms with Crippen LogP contribution in [0.25, 0.3) is 0 Å². The van der Waals surface area contributed by atoms with E-state index in [1.54, 1.807) is 6.07 Å². The van der Waals surface area contributed by atoms with E-state index in [4.69, 9.17) is 15.7 Å². The topological polar surface area (TPSA) is 79.9 Å². The number of benzene rings is 1. The Kier molecular flexibility index (Phi) is 5.52. The Morgan fingerprint density at radius 2 is 2.33 bits per heavy atom. The molecule has 1 heterocycles. The zero-order chi connectivity index (χ0) is 15.2. The Bertz CT molecular complexity index is 508. The van der Waals surface area contributed by atoms with E-state index >= 15 is 0 Å². The molecule has 2 atom stereocenters. The largest absolute Gasteiger partial charge is 0.409 e. The first kappa shape index (κ1) is 15.7. The van der Waals surface area contributed by atoms with Crippen molar-refractivity contribution in [2.75, 3.05) is 13.2 Å². The highest BCUT2D eigenvalue weighted by atomic mass is 19.1. The first-order valence-corrected chi connectivity index (χ1v) is 7.23. The van der Waals surface area contributed by atoms with E-state index < -0.39 is 5.82 Å². The fourth-order valence-electron chi connectivity index (χ4n) is 2.74. The molecule has 1 fully saturated rings. The van der Waals surface area contributed by atoms with Gasteiger partial charge in [-0.3, -0.25) is 0 Å². The molecule has 2 rings (SSSR count). The van der Waals surface area contributed by atoms with Crippen LogP contribution in [0.5, 0.6) is 0 Å². The van der Waals surface area contributed by atoms with Crippen LogP contribution in [0.3, 0.4) is 0 Å². The quantitative estimate of drug-likeness (QED) is 0.324. The van der Waals surface area contributed by atoms with Crippen molar-refractivity contribution < 1.29 is 14.3 Å². The van der Waals surface area contributed by atoms with Crippen molar-refractivity contribution in [1.82, 2.24) is 5.32 Å². The maximum atomic E-state index is 13.5. The predicted molar refractivity (Wildman–Crippen MR) is 78.8 cm³/mol. The number of nitrogens with zero attached hydrogens (tertiary/aromatic N) is 1. The third-order valence-corrected chi connectivity index (χ3v) is 3.85. The summed E-state index contributed by atoms with van der Waals surface area (Å²) < 4.78 is 19.2. The zero-order valence-corrected chi connectivity index (χ0v) is 12.2. The van der Waals surface area contributed by atoms with E-state index in [1.165, 1.54) is 12.1 Å². The second-order valence-electron chi connectivity index (χ2n) is 5.33. The number of halogens is 1. The molecule has 4 N–H and O–H groups in total. The summed E-state index contributed by atoms with van der Waals surface area (Å²) in [6.07, 6.45) is 2.39. The molecule has 0 bridgehead atoms. The van der Waals surface area contributed by atoms with E-state index in [1.807, 2.05) is 0 Å². The van der Waals surface area contributed by atoms with Gasteiger partial charge < -0.3 is 21.0 Å². The summed E-state index contributed by atoms with van der Waals surface area (Å²) >= 11 is 0. The average Bonchev–Trinajstić information content (AvgIpc) is 2.93. The van der Waals surface area contributed by atoms with Gasteiger partial charge in [-0.25, -0.2) is 4.39 Å². The molecule has 6 heteroatoms. The van der Waals surface area contributed by atoms with Crippen LogP contribution in [0.1, 0.15) is 30.9 Å². The van der Waals surface area contributed by atoms with Crippen LogP contribution in [0.4, 0.5) is 4.39 Å². The van der Waals surface area contributed by atoms with Gasteiger partial charge in [-0.2, -0.15) is 0 Å². The minimum Gasteiger partial charge on any atom is -0.409 e. The third kappa shape index (κ3) is 4.15. The molecule has 0 spiro atoms. The third-order valence-electron chi connectivity index (χ3n) is 3.85. The van der Waals surface area contributed by atoms with E-state index in [9.17, 15) is 4.39 Å². The molecule has 0 aromatic heterocycles. The second-order valence-corrected chi connectivity index (χ2v) is 5.33. The summed E-state index contributed by atoms with van der Waals surface area (Å²) in [6.45, 7) is 4.32. The minimum atomic E-state index is -0.397. The molecule has 1 aliphatic heterocycles. The van der Waals surface area contributed by atoms with E-state index in [2.05, 4.69) is 17.4 Å². The molecule has 1 aromatic rings. The smallest absolute Gasteiger partial charge is 0.170 e. The Hall–Kier alpha value is -1.66. The van der Waals surface area contributed by atoms with Crippen LogP contribution >= 0.6 is 0 Å². The van der Waals surface area contributed by atoms with Gasteiger partial charge in [-0.1, -0.05) is 12.1 Å². The molecule has 0 amide bonds. The summed E-state index contributed by atoms with van der Waals surface area (Å²) in [4.78, 5) is 0. The van der Waals surface area contributed by atoms with E-state index in [0.29, 0.717) is 24.1 Å². The molecule has 1 aromatic carbocycles. The van der Waals surface area contributed by atoms with Crippen LogP contribution in [0.15, 0.2) is 23.4 Å². The standard InChI is InChI=1S/C15H22FN3O2/c1-2-14-11(3-4-21-14)9-18-8-10-5-12(15(17)19-20)7-13(16)6-10/h5-7,11,14,18,20H,2-4,8-9H2,1H3,(H2,17,19). The maximum absolute atomic E-state index is 13.5. The first-order chi connectivity index (χ1) is 10.1. The fraction of sp³-hybridized carbons (Fsp3) is 0.533. The van der Waals surface area contributed by atoms with Crippen LogP contribution in [0.2, 0.25) is 0 Å². The highest BCUT2D eigenvalue weighted by molar-refractivity contribution is 5.97. The first-order valence-electron chi connectivity index (χ1n) is 7.23. The van der Waals surface area contributed by atoms with Crippen molar-refractivity contribution in [3.05, 3.63) is 35.1 Å². The highest BCUT2D eigenvalue weighted by Gasteiger charge is 2.25. The van der Waals surface area contributed by atoms with Gasteiger partial charge in [0.2, 0.25) is 0 Å². The summed E-state index contributed by atoms with van der Waals surface area (Å²) in [7, 11) is 0. The van der Waals surface area contributed by atoms with Gasteiger partial charge in [-0.15, -0.1) is 0 Å². The molecular weight excluding hydrogens is 273 g/mol. The molecule has 1 aliphatic rings. The zero-order valence-electron chi connectivity index (χ0n) is 12.2. The van der Waals surface area contributed by atoms with Gasteiger partial charge in [0.1, 0.15) is 5.82 Å². The maximum Gasteiger partial charge on any atom is 0.170 e. The molecule has 2 unspecified atom stereocenters. The van der Waals surface area contributed by atoms with Crippen LogP contribution < -0.4 is 11.1 Å². The molecule has 21 heavy (non-hydrogen) atoms. The van der Waals surface area contributed by atoms with Crippen LogP contribution in [0, 0.1) is 11.7 Å². The molecule has 0 saturated carbocycles. The molecule has 1 saturated heterocycles. The van der Waals surface area contributed by atoms with Gasteiger partial charge in [0.15, 0.2) is 5.84 Å². The van der Waals surface area contributed by atoms with Crippen LogP contribution in [-0.4, -0.2) is 30.3 Å². The van der Waals surface area contributed by atoms with Gasteiger partial charge in [0, 0.05) is 25.3 Å².